The molecule has 1 aliphatic heterocycles. The van der Waals surface area contributed by atoms with Crippen LogP contribution in [0, 0.1) is 5.92 Å². The topological polar surface area (TPSA) is 93.4 Å². The number of carbonyl (C=O) groups is 2. The molecule has 21 heavy (non-hydrogen) atoms. The highest BCUT2D eigenvalue weighted by Crippen LogP contribution is 2.20. The second-order valence-corrected chi connectivity index (χ2v) is 5.22. The third-order valence-electron chi connectivity index (χ3n) is 3.60. The van der Waals surface area contributed by atoms with Crippen molar-refractivity contribution in [1.29, 1.82) is 0 Å². The number of hydrogen-bond acceptors (Lipinski definition) is 4. The predicted molar refractivity (Wildman–Crippen MR) is 79.9 cm³/mol. The summed E-state index contributed by atoms with van der Waals surface area (Å²) in [6, 6.07) is 7.29. The molecule has 1 aliphatic rings. The van der Waals surface area contributed by atoms with E-state index in [1.807, 2.05) is 6.92 Å². The van der Waals surface area contributed by atoms with Gasteiger partial charge in [-0.2, -0.15) is 0 Å². The van der Waals surface area contributed by atoms with E-state index in [4.69, 9.17) is 10.5 Å². The Hall–Kier alpha value is -2.08. The van der Waals surface area contributed by atoms with Crippen molar-refractivity contribution in [3.05, 3.63) is 24.3 Å². The molecule has 1 fully saturated rings. The first-order chi connectivity index (χ1) is 10.1. The molecule has 114 valence electrons. The number of amides is 2. The van der Waals surface area contributed by atoms with Crippen molar-refractivity contribution >= 4 is 17.5 Å². The molecule has 2 amide bonds. The first-order valence-electron chi connectivity index (χ1n) is 7.11. The van der Waals surface area contributed by atoms with Crippen LogP contribution in [0.1, 0.15) is 19.8 Å². The van der Waals surface area contributed by atoms with E-state index in [2.05, 4.69) is 10.6 Å². The predicted octanol–water partition coefficient (Wildman–Crippen LogP) is 0.877. The van der Waals surface area contributed by atoms with E-state index >= 15 is 0 Å². The van der Waals surface area contributed by atoms with E-state index in [1.165, 1.54) is 0 Å². The molecule has 1 heterocycles. The maximum atomic E-state index is 12.1. The summed E-state index contributed by atoms with van der Waals surface area (Å²) in [7, 11) is 0. The third kappa shape index (κ3) is 4.46. The van der Waals surface area contributed by atoms with Gasteiger partial charge < -0.3 is 21.1 Å². The Morgan fingerprint density at radius 1 is 1.38 bits per heavy atom. The molecule has 2 unspecified atom stereocenters. The molecule has 0 saturated carbocycles. The molecule has 4 N–H and O–H groups in total. The minimum Gasteiger partial charge on any atom is -0.493 e. The fraction of sp³-hybridized carbons (Fsp3) is 0.467. The lowest BCUT2D eigenvalue weighted by Crippen LogP contribution is -2.32. The number of primary amides is 1. The van der Waals surface area contributed by atoms with Crippen molar-refractivity contribution in [2.24, 2.45) is 11.7 Å². The van der Waals surface area contributed by atoms with Gasteiger partial charge in [-0.3, -0.25) is 9.59 Å². The molecule has 6 nitrogen and oxygen atoms in total. The van der Waals surface area contributed by atoms with Gasteiger partial charge in [0.05, 0.1) is 18.9 Å². The molecule has 6 heteroatoms. The molecule has 1 aromatic rings. The van der Waals surface area contributed by atoms with Crippen LogP contribution >= 0.6 is 0 Å². The summed E-state index contributed by atoms with van der Waals surface area (Å²) in [4.78, 5) is 22.7. The summed E-state index contributed by atoms with van der Waals surface area (Å²) in [5.41, 5.74) is 5.77. The van der Waals surface area contributed by atoms with Crippen molar-refractivity contribution in [3.63, 3.8) is 0 Å². The summed E-state index contributed by atoms with van der Waals surface area (Å²) in [6.07, 6.45) is 1.05. The van der Waals surface area contributed by atoms with Crippen LogP contribution in [0.25, 0.3) is 0 Å². The highest BCUT2D eigenvalue weighted by Gasteiger charge is 2.29. The van der Waals surface area contributed by atoms with Gasteiger partial charge >= 0.3 is 0 Å². The van der Waals surface area contributed by atoms with Crippen molar-refractivity contribution in [1.82, 2.24) is 5.32 Å². The zero-order valence-electron chi connectivity index (χ0n) is 12.1. The minimum atomic E-state index is -0.391. The molecule has 1 saturated heterocycles. The van der Waals surface area contributed by atoms with Crippen LogP contribution in [0.3, 0.4) is 0 Å². The molecule has 0 spiro atoms. The van der Waals surface area contributed by atoms with E-state index in [-0.39, 0.29) is 30.9 Å². The number of ether oxygens (including phenoxy) is 1. The van der Waals surface area contributed by atoms with E-state index < -0.39 is 5.91 Å². The Morgan fingerprint density at radius 2 is 2.10 bits per heavy atom. The van der Waals surface area contributed by atoms with Crippen LogP contribution in [0.4, 0.5) is 5.69 Å². The van der Waals surface area contributed by atoms with Crippen LogP contribution in [-0.2, 0) is 9.59 Å². The largest absolute Gasteiger partial charge is 0.493 e. The van der Waals surface area contributed by atoms with Crippen LogP contribution in [0.5, 0.6) is 5.75 Å². The zero-order chi connectivity index (χ0) is 15.2. The zero-order valence-corrected chi connectivity index (χ0v) is 12.1. The summed E-state index contributed by atoms with van der Waals surface area (Å²) < 4.78 is 5.37. The maximum Gasteiger partial charge on any atom is 0.229 e. The Kier molecular flexibility index (Phi) is 5.16. The monoisotopic (exact) mass is 291 g/mol. The molecule has 2 atom stereocenters. The smallest absolute Gasteiger partial charge is 0.229 e. The second kappa shape index (κ2) is 7.08. The normalized spacial score (nSPS) is 21.0. The molecule has 1 aromatic carbocycles. The van der Waals surface area contributed by atoms with Gasteiger partial charge in [0.2, 0.25) is 11.8 Å². The Bertz CT molecular complexity index is 501. The van der Waals surface area contributed by atoms with Crippen LogP contribution in [-0.4, -0.2) is 31.0 Å². The lowest BCUT2D eigenvalue weighted by Gasteiger charge is -2.15. The fourth-order valence-electron chi connectivity index (χ4n) is 2.36. The van der Waals surface area contributed by atoms with E-state index in [0.717, 1.165) is 18.7 Å². The average Bonchev–Trinajstić information content (AvgIpc) is 2.87. The van der Waals surface area contributed by atoms with Gasteiger partial charge in [-0.1, -0.05) is 0 Å². The molecule has 0 aromatic heterocycles. The van der Waals surface area contributed by atoms with Gasteiger partial charge in [-0.05, 0) is 44.2 Å². The molecule has 0 bridgehead atoms. The molecular weight excluding hydrogens is 270 g/mol. The van der Waals surface area contributed by atoms with E-state index in [9.17, 15) is 9.59 Å². The molecule has 0 radical (unpaired) electrons. The van der Waals surface area contributed by atoms with Crippen molar-refractivity contribution in [2.75, 3.05) is 18.5 Å². The van der Waals surface area contributed by atoms with E-state index in [0.29, 0.717) is 5.75 Å². The van der Waals surface area contributed by atoms with Gasteiger partial charge in [-0.15, -0.1) is 0 Å². The average molecular weight is 291 g/mol. The highest BCUT2D eigenvalue weighted by atomic mass is 16.5. The number of anilines is 1. The summed E-state index contributed by atoms with van der Waals surface area (Å²) in [6.45, 7) is 3.16. The number of carbonyl (C=O) groups excluding carboxylic acids is 2. The lowest BCUT2D eigenvalue weighted by molar-refractivity contribution is -0.120. The minimum absolute atomic E-state index is 0.0106. The van der Waals surface area contributed by atoms with Crippen molar-refractivity contribution in [3.8, 4) is 5.75 Å². The third-order valence-corrected chi connectivity index (χ3v) is 3.60. The maximum absolute atomic E-state index is 12.1. The number of benzene rings is 1. The van der Waals surface area contributed by atoms with Gasteiger partial charge in [0.1, 0.15) is 5.75 Å². The van der Waals surface area contributed by atoms with Crippen molar-refractivity contribution in [2.45, 2.75) is 25.8 Å². The van der Waals surface area contributed by atoms with Gasteiger partial charge in [-0.25, -0.2) is 0 Å². The molecule has 2 rings (SSSR count). The Labute approximate surface area is 124 Å². The highest BCUT2D eigenvalue weighted by molar-refractivity contribution is 5.93. The number of rotatable bonds is 6. The van der Waals surface area contributed by atoms with Gasteiger partial charge in [0, 0.05) is 11.7 Å². The Balaban J connectivity index is 1.84. The standard InChI is InChI=1S/C15H21N3O3/c1-10-13(6-8-17-10)15(20)18-11-2-4-12(5-3-11)21-9-7-14(16)19/h2-5,10,13,17H,6-9H2,1H3,(H2,16,19)(H,18,20). The van der Waals surface area contributed by atoms with E-state index in [1.54, 1.807) is 24.3 Å². The molecule has 0 aliphatic carbocycles. The summed E-state index contributed by atoms with van der Waals surface area (Å²) in [5.74, 6) is 0.301. The van der Waals surface area contributed by atoms with Gasteiger partial charge in [0.15, 0.2) is 0 Å². The lowest BCUT2D eigenvalue weighted by atomic mass is 10.0. The fourth-order valence-corrected chi connectivity index (χ4v) is 2.36. The second-order valence-electron chi connectivity index (χ2n) is 5.22. The quantitative estimate of drug-likeness (QED) is 0.725. The number of nitrogens with two attached hydrogens (primary N) is 1. The first kappa shape index (κ1) is 15.3. The Morgan fingerprint density at radius 3 is 2.67 bits per heavy atom. The first-order valence-corrected chi connectivity index (χ1v) is 7.11. The summed E-state index contributed by atoms with van der Waals surface area (Å²) in [5, 5.41) is 6.17. The number of hydrogen-bond donors (Lipinski definition) is 3. The van der Waals surface area contributed by atoms with Crippen LogP contribution in [0.2, 0.25) is 0 Å². The van der Waals surface area contributed by atoms with Crippen LogP contribution in [0.15, 0.2) is 24.3 Å². The number of nitrogens with one attached hydrogen (secondary N) is 2. The summed E-state index contributed by atoms with van der Waals surface area (Å²) >= 11 is 0. The van der Waals surface area contributed by atoms with Gasteiger partial charge in [0.25, 0.3) is 0 Å². The SMILES string of the molecule is CC1NCCC1C(=O)Nc1ccc(OCCC(N)=O)cc1. The van der Waals surface area contributed by atoms with Crippen LogP contribution < -0.4 is 21.1 Å². The van der Waals surface area contributed by atoms with Crippen molar-refractivity contribution < 1.29 is 14.3 Å². The molecular formula is C15H21N3O3.